The van der Waals surface area contributed by atoms with Crippen LogP contribution in [0.25, 0.3) is 0 Å². The third-order valence-corrected chi connectivity index (χ3v) is 8.05. The van der Waals surface area contributed by atoms with Crippen LogP contribution in [0.3, 0.4) is 0 Å². The lowest BCUT2D eigenvalue weighted by atomic mass is 9.91. The minimum Gasteiger partial charge on any atom is -0.354 e. The highest BCUT2D eigenvalue weighted by Crippen LogP contribution is 2.58. The van der Waals surface area contributed by atoms with E-state index in [-0.39, 0.29) is 10.7 Å². The van der Waals surface area contributed by atoms with Crippen LogP contribution in [0.1, 0.15) is 50.5 Å². The van der Waals surface area contributed by atoms with Crippen molar-refractivity contribution in [1.82, 2.24) is 10.6 Å². The van der Waals surface area contributed by atoms with Crippen molar-refractivity contribution in [1.29, 1.82) is 0 Å². The number of amides is 1. The molecule has 3 aliphatic rings. The van der Waals surface area contributed by atoms with Gasteiger partial charge in [0.2, 0.25) is 5.91 Å². The lowest BCUT2D eigenvalue weighted by molar-refractivity contribution is -0.123. The number of carbonyl (C=O) groups excluding carboxylic acids is 1. The molecule has 1 unspecified atom stereocenters. The van der Waals surface area contributed by atoms with E-state index in [4.69, 9.17) is 0 Å². The van der Waals surface area contributed by atoms with Crippen LogP contribution in [0.15, 0.2) is 29.2 Å². The van der Waals surface area contributed by atoms with E-state index in [9.17, 15) is 4.79 Å². The fourth-order valence-corrected chi connectivity index (χ4v) is 6.17. The van der Waals surface area contributed by atoms with Crippen molar-refractivity contribution in [2.24, 2.45) is 11.3 Å². The molecule has 1 aliphatic heterocycles. The molecule has 1 aromatic rings. The molecule has 2 saturated carbocycles. The molecular weight excluding hydrogens is 328 g/mol. The van der Waals surface area contributed by atoms with Gasteiger partial charge >= 0.3 is 0 Å². The van der Waals surface area contributed by atoms with Crippen molar-refractivity contribution in [2.45, 2.75) is 61.5 Å². The summed E-state index contributed by atoms with van der Waals surface area (Å²) in [6.07, 6.45) is 8.46. The van der Waals surface area contributed by atoms with Gasteiger partial charge in [-0.1, -0.05) is 30.5 Å². The van der Waals surface area contributed by atoms with E-state index in [0.29, 0.717) is 11.3 Å². The first-order valence-corrected chi connectivity index (χ1v) is 10.7. The molecule has 1 aromatic carbocycles. The second-order valence-corrected chi connectivity index (χ2v) is 9.93. The molecule has 136 valence electrons. The summed E-state index contributed by atoms with van der Waals surface area (Å²) in [6.45, 7) is 5.12. The zero-order valence-electron chi connectivity index (χ0n) is 15.3. The average molecular weight is 359 g/mol. The molecule has 1 atom stereocenters. The molecule has 0 radical (unpaired) electrons. The first-order chi connectivity index (χ1) is 12.1. The van der Waals surface area contributed by atoms with Crippen LogP contribution >= 0.6 is 11.8 Å². The van der Waals surface area contributed by atoms with Gasteiger partial charge in [-0.15, -0.1) is 11.8 Å². The maximum absolute atomic E-state index is 12.7. The van der Waals surface area contributed by atoms with Crippen molar-refractivity contribution < 1.29 is 4.79 Å². The van der Waals surface area contributed by atoms with Crippen LogP contribution in [0.5, 0.6) is 0 Å². The summed E-state index contributed by atoms with van der Waals surface area (Å²) in [5, 5.41) is 6.77. The molecule has 1 amide bonds. The Kier molecular flexibility index (Phi) is 4.85. The fraction of sp³-hybridized carbons (Fsp3) is 0.667. The highest BCUT2D eigenvalue weighted by atomic mass is 32.2. The molecule has 3 fully saturated rings. The largest absolute Gasteiger partial charge is 0.354 e. The Morgan fingerprint density at radius 3 is 2.52 bits per heavy atom. The number of hydrogen-bond acceptors (Lipinski definition) is 3. The minimum atomic E-state index is 0.196. The molecule has 3 nitrogen and oxygen atoms in total. The maximum Gasteiger partial charge on any atom is 0.223 e. The molecule has 25 heavy (non-hydrogen) atoms. The van der Waals surface area contributed by atoms with Gasteiger partial charge in [-0.05, 0) is 69.7 Å². The highest BCUT2D eigenvalue weighted by molar-refractivity contribution is 8.00. The smallest absolute Gasteiger partial charge is 0.223 e. The van der Waals surface area contributed by atoms with Crippen molar-refractivity contribution >= 4 is 17.7 Å². The summed E-state index contributed by atoms with van der Waals surface area (Å²) in [4.78, 5) is 14.1. The number of thioether (sulfide) groups is 1. The monoisotopic (exact) mass is 358 g/mol. The predicted octanol–water partition coefficient (Wildman–Crippen LogP) is 3.91. The average Bonchev–Trinajstić information content (AvgIpc) is 3.11. The van der Waals surface area contributed by atoms with Gasteiger partial charge in [0.15, 0.2) is 0 Å². The lowest BCUT2D eigenvalue weighted by Crippen LogP contribution is -2.40. The van der Waals surface area contributed by atoms with Crippen LogP contribution in [-0.2, 0) is 4.79 Å². The third-order valence-electron chi connectivity index (χ3n) is 6.56. The Bertz CT molecular complexity index is 615. The summed E-state index contributed by atoms with van der Waals surface area (Å²) in [5.41, 5.74) is 1.64. The highest BCUT2D eigenvalue weighted by Gasteiger charge is 2.57. The molecule has 2 aliphatic carbocycles. The second-order valence-electron chi connectivity index (χ2n) is 8.39. The van der Waals surface area contributed by atoms with E-state index in [1.807, 2.05) is 11.8 Å². The quantitative estimate of drug-likeness (QED) is 0.838. The van der Waals surface area contributed by atoms with Crippen molar-refractivity contribution in [3.8, 4) is 0 Å². The molecule has 1 saturated heterocycles. The van der Waals surface area contributed by atoms with E-state index < -0.39 is 0 Å². The summed E-state index contributed by atoms with van der Waals surface area (Å²) >= 11 is 1.98. The molecule has 1 spiro atoms. The fourth-order valence-electron chi connectivity index (χ4n) is 4.76. The van der Waals surface area contributed by atoms with Crippen LogP contribution in [0, 0.1) is 18.3 Å². The Morgan fingerprint density at radius 2 is 1.84 bits per heavy atom. The van der Waals surface area contributed by atoms with Gasteiger partial charge in [0, 0.05) is 22.1 Å². The summed E-state index contributed by atoms with van der Waals surface area (Å²) < 4.78 is 0.196. The van der Waals surface area contributed by atoms with E-state index in [1.54, 1.807) is 0 Å². The second kappa shape index (κ2) is 6.96. The SMILES string of the molecule is Cc1ccc(SC2(CNC(=O)C3CC34CCNCC4)CCCC2)cc1. The van der Waals surface area contributed by atoms with Crippen LogP contribution in [0.2, 0.25) is 0 Å². The summed E-state index contributed by atoms with van der Waals surface area (Å²) in [5.74, 6) is 0.593. The van der Waals surface area contributed by atoms with Crippen molar-refractivity contribution in [3.63, 3.8) is 0 Å². The van der Waals surface area contributed by atoms with Crippen LogP contribution < -0.4 is 10.6 Å². The van der Waals surface area contributed by atoms with E-state index >= 15 is 0 Å². The number of aryl methyl sites for hydroxylation is 1. The Balaban J connectivity index is 1.35. The number of hydrogen-bond donors (Lipinski definition) is 2. The molecule has 0 aromatic heterocycles. The van der Waals surface area contributed by atoms with Gasteiger partial charge in [0.05, 0.1) is 0 Å². The number of nitrogens with one attached hydrogen (secondary N) is 2. The Morgan fingerprint density at radius 1 is 1.16 bits per heavy atom. The zero-order chi connectivity index (χ0) is 17.3. The normalized spacial score (nSPS) is 26.5. The van der Waals surface area contributed by atoms with Crippen molar-refractivity contribution in [3.05, 3.63) is 29.8 Å². The first kappa shape index (κ1) is 17.4. The zero-order valence-corrected chi connectivity index (χ0v) is 16.1. The maximum atomic E-state index is 12.7. The molecule has 0 bridgehead atoms. The molecule has 1 heterocycles. The van der Waals surface area contributed by atoms with Gasteiger partial charge in [0.25, 0.3) is 0 Å². The lowest BCUT2D eigenvalue weighted by Gasteiger charge is -2.29. The molecule has 4 rings (SSSR count). The summed E-state index contributed by atoms with van der Waals surface area (Å²) in [6, 6.07) is 8.84. The summed E-state index contributed by atoms with van der Waals surface area (Å²) in [7, 11) is 0. The van der Waals surface area contributed by atoms with Crippen molar-refractivity contribution in [2.75, 3.05) is 19.6 Å². The number of rotatable bonds is 5. The number of carbonyl (C=O) groups is 1. The minimum absolute atomic E-state index is 0.196. The molecule has 4 heteroatoms. The standard InChI is InChI=1S/C21H30N2OS/c1-16-4-6-17(7-5-16)25-21(8-2-3-9-21)15-23-19(24)18-14-20(18)10-12-22-13-11-20/h4-7,18,22H,2-3,8-15H2,1H3,(H,23,24). The number of piperidine rings is 1. The van der Waals surface area contributed by atoms with E-state index in [2.05, 4.69) is 41.8 Å². The van der Waals surface area contributed by atoms with Gasteiger partial charge in [-0.25, -0.2) is 0 Å². The van der Waals surface area contributed by atoms with Gasteiger partial charge in [-0.3, -0.25) is 4.79 Å². The Labute approximate surface area is 155 Å². The van der Waals surface area contributed by atoms with E-state index in [0.717, 1.165) is 26.1 Å². The topological polar surface area (TPSA) is 41.1 Å². The van der Waals surface area contributed by atoms with Crippen LogP contribution in [0.4, 0.5) is 0 Å². The van der Waals surface area contributed by atoms with Gasteiger partial charge in [-0.2, -0.15) is 0 Å². The van der Waals surface area contributed by atoms with E-state index in [1.165, 1.54) is 49.0 Å². The third kappa shape index (κ3) is 3.75. The first-order valence-electron chi connectivity index (χ1n) is 9.85. The molecule has 2 N–H and O–H groups in total. The molecular formula is C21H30N2OS. The van der Waals surface area contributed by atoms with Crippen LogP contribution in [-0.4, -0.2) is 30.3 Å². The Hall–Kier alpha value is -1.00. The van der Waals surface area contributed by atoms with Gasteiger partial charge in [0.1, 0.15) is 0 Å². The number of benzene rings is 1. The predicted molar refractivity (Wildman–Crippen MR) is 104 cm³/mol. The van der Waals surface area contributed by atoms with Gasteiger partial charge < -0.3 is 10.6 Å².